The Morgan fingerprint density at radius 1 is 1.58 bits per heavy atom. The molecule has 0 spiro atoms. The summed E-state index contributed by atoms with van der Waals surface area (Å²) in [4.78, 5) is 26.8. The van der Waals surface area contributed by atoms with Crippen LogP contribution in [0.3, 0.4) is 0 Å². The number of rotatable bonds is 3. The number of aromatic amines is 1. The van der Waals surface area contributed by atoms with Crippen LogP contribution in [0.1, 0.15) is 36.7 Å². The summed E-state index contributed by atoms with van der Waals surface area (Å²) in [5, 5.41) is 10.6. The van der Waals surface area contributed by atoms with Crippen molar-refractivity contribution < 1.29 is 9.72 Å². The SMILES string of the molecule is CC1CCCC(CN)N1C(=O)c1ccc([N+](=O)[O-])[nH]1. The summed E-state index contributed by atoms with van der Waals surface area (Å²) in [5.41, 5.74) is 5.96. The maximum atomic E-state index is 12.4. The van der Waals surface area contributed by atoms with Crippen LogP contribution in [0.5, 0.6) is 0 Å². The highest BCUT2D eigenvalue weighted by Gasteiger charge is 2.33. The number of likely N-dealkylation sites (tertiary alicyclic amines) is 1. The number of piperidine rings is 1. The van der Waals surface area contributed by atoms with E-state index in [0.717, 1.165) is 19.3 Å². The minimum atomic E-state index is -0.545. The standard InChI is InChI=1S/C12H18N4O3/c1-8-3-2-4-9(7-13)15(8)12(17)10-5-6-11(14-10)16(18)19/h5-6,8-9,14H,2-4,7,13H2,1H3. The normalized spacial score (nSPS) is 23.4. The highest BCUT2D eigenvalue weighted by Crippen LogP contribution is 2.24. The molecule has 3 N–H and O–H groups in total. The molecule has 0 bridgehead atoms. The molecular formula is C12H18N4O3. The Hall–Kier alpha value is -1.89. The van der Waals surface area contributed by atoms with Crippen molar-refractivity contribution in [2.45, 2.75) is 38.3 Å². The topological polar surface area (TPSA) is 105 Å². The van der Waals surface area contributed by atoms with E-state index in [1.54, 1.807) is 4.90 Å². The predicted molar refractivity (Wildman–Crippen MR) is 69.8 cm³/mol. The molecule has 1 fully saturated rings. The van der Waals surface area contributed by atoms with Gasteiger partial charge in [0.1, 0.15) is 0 Å². The zero-order valence-electron chi connectivity index (χ0n) is 10.8. The van der Waals surface area contributed by atoms with Crippen LogP contribution < -0.4 is 5.73 Å². The minimum absolute atomic E-state index is 0.0126. The molecule has 1 aliphatic rings. The second kappa shape index (κ2) is 5.40. The Morgan fingerprint density at radius 2 is 2.32 bits per heavy atom. The molecule has 19 heavy (non-hydrogen) atoms. The molecule has 2 unspecified atom stereocenters. The van der Waals surface area contributed by atoms with Crippen molar-refractivity contribution in [3.8, 4) is 0 Å². The van der Waals surface area contributed by atoms with Gasteiger partial charge in [0, 0.05) is 24.7 Å². The molecule has 2 atom stereocenters. The van der Waals surface area contributed by atoms with Crippen molar-refractivity contribution in [1.29, 1.82) is 0 Å². The fraction of sp³-hybridized carbons (Fsp3) is 0.583. The van der Waals surface area contributed by atoms with Crippen molar-refractivity contribution >= 4 is 11.7 Å². The van der Waals surface area contributed by atoms with Gasteiger partial charge >= 0.3 is 5.82 Å². The summed E-state index contributed by atoms with van der Waals surface area (Å²) >= 11 is 0. The first-order valence-corrected chi connectivity index (χ1v) is 6.40. The summed E-state index contributed by atoms with van der Waals surface area (Å²) in [6.45, 7) is 2.40. The van der Waals surface area contributed by atoms with Gasteiger partial charge in [-0.3, -0.25) is 4.79 Å². The molecule has 0 radical (unpaired) electrons. The van der Waals surface area contributed by atoms with E-state index < -0.39 is 4.92 Å². The Labute approximate surface area is 110 Å². The number of amides is 1. The second-order valence-electron chi connectivity index (χ2n) is 4.90. The van der Waals surface area contributed by atoms with Crippen LogP contribution in [0, 0.1) is 10.1 Å². The highest BCUT2D eigenvalue weighted by atomic mass is 16.6. The van der Waals surface area contributed by atoms with Crippen LogP contribution in [0.15, 0.2) is 12.1 Å². The lowest BCUT2D eigenvalue weighted by Crippen LogP contribution is -2.51. The van der Waals surface area contributed by atoms with Gasteiger partial charge in [-0.15, -0.1) is 0 Å². The number of nitrogens with one attached hydrogen (secondary N) is 1. The van der Waals surface area contributed by atoms with Crippen molar-refractivity contribution in [3.63, 3.8) is 0 Å². The quantitative estimate of drug-likeness (QED) is 0.634. The third kappa shape index (κ3) is 2.60. The molecule has 7 heteroatoms. The van der Waals surface area contributed by atoms with Crippen molar-refractivity contribution in [3.05, 3.63) is 27.9 Å². The molecule has 0 aliphatic carbocycles. The molecular weight excluding hydrogens is 248 g/mol. The smallest absolute Gasteiger partial charge is 0.321 e. The van der Waals surface area contributed by atoms with Gasteiger partial charge < -0.3 is 20.7 Å². The van der Waals surface area contributed by atoms with Crippen LogP contribution in [-0.4, -0.2) is 39.3 Å². The van der Waals surface area contributed by atoms with Gasteiger partial charge in [0.2, 0.25) is 0 Å². The molecule has 1 aliphatic heterocycles. The number of nitro groups is 1. The number of hydrogen-bond acceptors (Lipinski definition) is 4. The number of carbonyl (C=O) groups is 1. The number of nitrogens with two attached hydrogens (primary N) is 1. The molecule has 0 aromatic carbocycles. The van der Waals surface area contributed by atoms with E-state index in [2.05, 4.69) is 4.98 Å². The maximum Gasteiger partial charge on any atom is 0.321 e. The third-order valence-corrected chi connectivity index (χ3v) is 3.63. The van der Waals surface area contributed by atoms with Gasteiger partial charge in [0.05, 0.1) is 0 Å². The number of carbonyl (C=O) groups excluding carboxylic acids is 1. The van der Waals surface area contributed by atoms with Gasteiger partial charge in [-0.25, -0.2) is 4.98 Å². The van der Waals surface area contributed by atoms with E-state index in [9.17, 15) is 14.9 Å². The zero-order valence-corrected chi connectivity index (χ0v) is 10.8. The van der Waals surface area contributed by atoms with E-state index in [-0.39, 0.29) is 29.5 Å². The molecule has 1 aromatic rings. The Morgan fingerprint density at radius 3 is 2.89 bits per heavy atom. The third-order valence-electron chi connectivity index (χ3n) is 3.63. The number of hydrogen-bond donors (Lipinski definition) is 2. The van der Waals surface area contributed by atoms with E-state index in [1.165, 1.54) is 12.1 Å². The van der Waals surface area contributed by atoms with Gasteiger partial charge in [0.25, 0.3) is 5.91 Å². The van der Waals surface area contributed by atoms with Crippen LogP contribution in [0.25, 0.3) is 0 Å². The van der Waals surface area contributed by atoms with Crippen molar-refractivity contribution in [2.24, 2.45) is 5.73 Å². The van der Waals surface area contributed by atoms with Gasteiger partial charge in [-0.1, -0.05) is 0 Å². The Balaban J connectivity index is 2.22. The summed E-state index contributed by atoms with van der Waals surface area (Å²) < 4.78 is 0. The minimum Gasteiger partial charge on any atom is -0.358 e. The summed E-state index contributed by atoms with van der Waals surface area (Å²) in [7, 11) is 0. The first-order valence-electron chi connectivity index (χ1n) is 6.40. The first kappa shape index (κ1) is 13.5. The maximum absolute atomic E-state index is 12.4. The Bertz CT molecular complexity index is 485. The second-order valence-corrected chi connectivity index (χ2v) is 4.90. The van der Waals surface area contributed by atoms with E-state index in [4.69, 9.17) is 5.73 Å². The summed E-state index contributed by atoms with van der Waals surface area (Å²) in [5.74, 6) is -0.381. The van der Waals surface area contributed by atoms with Crippen molar-refractivity contribution in [2.75, 3.05) is 6.54 Å². The molecule has 104 valence electrons. The first-order chi connectivity index (χ1) is 9.04. The molecule has 7 nitrogen and oxygen atoms in total. The lowest BCUT2D eigenvalue weighted by atomic mass is 9.96. The lowest BCUT2D eigenvalue weighted by molar-refractivity contribution is -0.389. The number of nitrogens with zero attached hydrogens (tertiary/aromatic N) is 2. The number of aromatic nitrogens is 1. The van der Waals surface area contributed by atoms with Gasteiger partial charge in [0.15, 0.2) is 5.69 Å². The fourth-order valence-electron chi connectivity index (χ4n) is 2.64. The monoisotopic (exact) mass is 266 g/mol. The van der Waals surface area contributed by atoms with Gasteiger partial charge in [-0.2, -0.15) is 0 Å². The van der Waals surface area contributed by atoms with Crippen LogP contribution >= 0.6 is 0 Å². The van der Waals surface area contributed by atoms with E-state index in [0.29, 0.717) is 6.54 Å². The zero-order chi connectivity index (χ0) is 14.0. The average Bonchev–Trinajstić information content (AvgIpc) is 2.87. The number of H-pyrrole nitrogens is 1. The van der Waals surface area contributed by atoms with Crippen molar-refractivity contribution in [1.82, 2.24) is 9.88 Å². The van der Waals surface area contributed by atoms with Crippen LogP contribution in [0.4, 0.5) is 5.82 Å². The molecule has 2 heterocycles. The molecule has 2 rings (SSSR count). The molecule has 1 aromatic heterocycles. The van der Waals surface area contributed by atoms with Gasteiger partial charge in [-0.05, 0) is 37.2 Å². The highest BCUT2D eigenvalue weighted by molar-refractivity contribution is 5.93. The molecule has 0 saturated carbocycles. The van der Waals surface area contributed by atoms with Crippen LogP contribution in [0.2, 0.25) is 0 Å². The molecule has 1 amide bonds. The molecule has 1 saturated heterocycles. The van der Waals surface area contributed by atoms with Crippen LogP contribution in [-0.2, 0) is 0 Å². The summed E-state index contributed by atoms with van der Waals surface area (Å²) in [6, 6.07) is 2.88. The predicted octanol–water partition coefficient (Wildman–Crippen LogP) is 1.26. The average molecular weight is 266 g/mol. The lowest BCUT2D eigenvalue weighted by Gasteiger charge is -2.39. The largest absolute Gasteiger partial charge is 0.358 e. The van der Waals surface area contributed by atoms with E-state index >= 15 is 0 Å². The fourth-order valence-corrected chi connectivity index (χ4v) is 2.64. The van der Waals surface area contributed by atoms with E-state index in [1.807, 2.05) is 6.92 Å². The Kier molecular flexibility index (Phi) is 3.84. The summed E-state index contributed by atoms with van der Waals surface area (Å²) in [6.07, 6.45) is 2.87.